The van der Waals surface area contributed by atoms with E-state index in [0.717, 1.165) is 10.4 Å². The number of hydrogen-bond donors (Lipinski definition) is 1. The van der Waals surface area contributed by atoms with Gasteiger partial charge in [0.1, 0.15) is 5.76 Å². The Morgan fingerprint density at radius 3 is 2.56 bits per heavy atom. The summed E-state index contributed by atoms with van der Waals surface area (Å²) in [5, 5.41) is 3.38. The molecule has 3 heteroatoms. The molecule has 1 N–H and O–H groups in total. The molecule has 0 spiro atoms. The Kier molecular flexibility index (Phi) is 6.14. The van der Waals surface area contributed by atoms with Crippen molar-refractivity contribution in [3.8, 4) is 0 Å². The maximum atomic E-state index is 5.65. The Morgan fingerprint density at radius 2 is 2.12 bits per heavy atom. The summed E-state index contributed by atoms with van der Waals surface area (Å²) in [6.45, 7) is 4.49. The number of unbranched alkanes of at least 4 members (excludes halogenated alkanes) is 1. The molecule has 0 aliphatic heterocycles. The Bertz CT molecular complexity index is 298. The van der Waals surface area contributed by atoms with Gasteiger partial charge in [0.2, 0.25) is 0 Å². The van der Waals surface area contributed by atoms with Crippen LogP contribution in [0.15, 0.2) is 21.2 Å². The monoisotopic (exact) mass is 287 g/mol. The topological polar surface area (TPSA) is 25.2 Å². The molecule has 0 radical (unpaired) electrons. The molecule has 2 unspecified atom stereocenters. The van der Waals surface area contributed by atoms with Crippen molar-refractivity contribution in [2.45, 2.75) is 45.6 Å². The molecular weight excluding hydrogens is 266 g/mol. The first-order valence-electron chi connectivity index (χ1n) is 6.15. The molecule has 0 fully saturated rings. The average Bonchev–Trinajstić information content (AvgIpc) is 2.70. The lowest BCUT2D eigenvalue weighted by molar-refractivity contribution is 0.292. The van der Waals surface area contributed by atoms with E-state index < -0.39 is 0 Å². The van der Waals surface area contributed by atoms with Crippen LogP contribution in [0, 0.1) is 5.92 Å². The van der Waals surface area contributed by atoms with Crippen LogP contribution in [-0.2, 0) is 0 Å². The minimum atomic E-state index is 0.336. The first kappa shape index (κ1) is 13.8. The molecule has 0 saturated carbocycles. The van der Waals surface area contributed by atoms with Crippen molar-refractivity contribution in [3.05, 3.63) is 22.6 Å². The smallest absolute Gasteiger partial charge is 0.169 e. The van der Waals surface area contributed by atoms with Gasteiger partial charge in [0.15, 0.2) is 4.67 Å². The minimum absolute atomic E-state index is 0.336. The highest BCUT2D eigenvalue weighted by Crippen LogP contribution is 2.30. The third-order valence-electron chi connectivity index (χ3n) is 3.14. The van der Waals surface area contributed by atoms with Crippen LogP contribution in [0.5, 0.6) is 0 Å². The Hall–Kier alpha value is -0.280. The van der Waals surface area contributed by atoms with Crippen LogP contribution in [0.3, 0.4) is 0 Å². The van der Waals surface area contributed by atoms with Gasteiger partial charge < -0.3 is 9.73 Å². The highest BCUT2D eigenvalue weighted by Gasteiger charge is 2.22. The van der Waals surface area contributed by atoms with Gasteiger partial charge in [-0.25, -0.2) is 0 Å². The van der Waals surface area contributed by atoms with Crippen molar-refractivity contribution in [2.24, 2.45) is 5.92 Å². The van der Waals surface area contributed by atoms with E-state index in [1.54, 1.807) is 0 Å². The molecule has 1 aromatic rings. The van der Waals surface area contributed by atoms with E-state index in [4.69, 9.17) is 4.42 Å². The molecule has 0 aromatic carbocycles. The second-order valence-electron chi connectivity index (χ2n) is 4.22. The van der Waals surface area contributed by atoms with E-state index in [0.29, 0.717) is 12.0 Å². The van der Waals surface area contributed by atoms with E-state index in [1.807, 2.05) is 13.1 Å². The second-order valence-corrected chi connectivity index (χ2v) is 5.00. The molecule has 0 aliphatic rings. The molecule has 0 bridgehead atoms. The van der Waals surface area contributed by atoms with E-state index in [9.17, 15) is 0 Å². The number of rotatable bonds is 7. The van der Waals surface area contributed by atoms with Crippen LogP contribution in [-0.4, -0.2) is 7.05 Å². The van der Waals surface area contributed by atoms with Crippen LogP contribution in [0.4, 0.5) is 0 Å². The first-order chi connectivity index (χ1) is 7.72. The van der Waals surface area contributed by atoms with E-state index in [2.05, 4.69) is 41.2 Å². The summed E-state index contributed by atoms with van der Waals surface area (Å²) in [6.07, 6.45) is 4.99. The van der Waals surface area contributed by atoms with Gasteiger partial charge in [-0.3, -0.25) is 0 Å². The molecule has 0 amide bonds. The van der Waals surface area contributed by atoms with Gasteiger partial charge in [0.25, 0.3) is 0 Å². The zero-order chi connectivity index (χ0) is 12.0. The third-order valence-corrected chi connectivity index (χ3v) is 3.56. The number of furan rings is 1. The van der Waals surface area contributed by atoms with Gasteiger partial charge in [-0.05, 0) is 47.4 Å². The molecule has 1 aromatic heterocycles. The number of halogens is 1. The fourth-order valence-corrected chi connectivity index (χ4v) is 2.50. The summed E-state index contributed by atoms with van der Waals surface area (Å²) in [4.78, 5) is 0. The molecule has 2 atom stereocenters. The summed E-state index contributed by atoms with van der Waals surface area (Å²) in [5.74, 6) is 1.69. The van der Waals surface area contributed by atoms with Gasteiger partial charge in [0.05, 0.1) is 6.04 Å². The van der Waals surface area contributed by atoms with Gasteiger partial charge in [-0.1, -0.05) is 33.1 Å². The van der Waals surface area contributed by atoms with Crippen molar-refractivity contribution in [1.29, 1.82) is 0 Å². The number of hydrogen-bond acceptors (Lipinski definition) is 2. The summed E-state index contributed by atoms with van der Waals surface area (Å²) in [6, 6.07) is 4.36. The quantitative estimate of drug-likeness (QED) is 0.798. The van der Waals surface area contributed by atoms with Gasteiger partial charge >= 0.3 is 0 Å². The summed E-state index contributed by atoms with van der Waals surface area (Å²) < 4.78 is 6.47. The molecule has 0 aliphatic carbocycles. The Labute approximate surface area is 107 Å². The van der Waals surface area contributed by atoms with Crippen molar-refractivity contribution < 1.29 is 4.42 Å². The Balaban J connectivity index is 2.70. The lowest BCUT2D eigenvalue weighted by atomic mass is 9.90. The van der Waals surface area contributed by atoms with Crippen LogP contribution in [0.2, 0.25) is 0 Å². The highest BCUT2D eigenvalue weighted by atomic mass is 79.9. The van der Waals surface area contributed by atoms with Crippen molar-refractivity contribution in [1.82, 2.24) is 5.32 Å². The van der Waals surface area contributed by atoms with Gasteiger partial charge in [-0.2, -0.15) is 0 Å². The maximum absolute atomic E-state index is 5.65. The molecule has 1 rings (SSSR count). The molecule has 2 nitrogen and oxygen atoms in total. The normalized spacial score (nSPS) is 15.0. The minimum Gasteiger partial charge on any atom is -0.453 e. The number of nitrogens with one attached hydrogen (secondary N) is 1. The van der Waals surface area contributed by atoms with Crippen LogP contribution in [0.25, 0.3) is 0 Å². The largest absolute Gasteiger partial charge is 0.453 e. The van der Waals surface area contributed by atoms with Crippen molar-refractivity contribution >= 4 is 15.9 Å². The zero-order valence-electron chi connectivity index (χ0n) is 10.4. The Morgan fingerprint density at radius 1 is 1.38 bits per heavy atom. The van der Waals surface area contributed by atoms with Gasteiger partial charge in [0, 0.05) is 0 Å². The molecule has 92 valence electrons. The van der Waals surface area contributed by atoms with Crippen molar-refractivity contribution in [2.75, 3.05) is 7.05 Å². The lowest BCUT2D eigenvalue weighted by Gasteiger charge is -2.24. The molecule has 1 heterocycles. The van der Waals surface area contributed by atoms with E-state index in [1.165, 1.54) is 25.7 Å². The predicted molar refractivity (Wildman–Crippen MR) is 71.5 cm³/mol. The SMILES string of the molecule is CCCCC(CC)C(NC)c1ccc(Br)o1. The molecular formula is C13H22BrNO. The van der Waals surface area contributed by atoms with Crippen LogP contribution < -0.4 is 5.32 Å². The summed E-state index contributed by atoms with van der Waals surface area (Å²) in [7, 11) is 2.01. The van der Waals surface area contributed by atoms with E-state index in [-0.39, 0.29) is 0 Å². The maximum Gasteiger partial charge on any atom is 0.169 e. The van der Waals surface area contributed by atoms with Crippen LogP contribution >= 0.6 is 15.9 Å². The average molecular weight is 288 g/mol. The third kappa shape index (κ3) is 3.63. The fourth-order valence-electron chi connectivity index (χ4n) is 2.18. The summed E-state index contributed by atoms with van der Waals surface area (Å²) in [5.41, 5.74) is 0. The summed E-state index contributed by atoms with van der Waals surface area (Å²) >= 11 is 3.36. The zero-order valence-corrected chi connectivity index (χ0v) is 12.0. The van der Waals surface area contributed by atoms with Gasteiger partial charge in [-0.15, -0.1) is 0 Å². The molecule has 0 saturated heterocycles. The highest BCUT2D eigenvalue weighted by molar-refractivity contribution is 9.10. The predicted octanol–water partition coefficient (Wildman–Crippen LogP) is 4.52. The standard InChI is InChI=1S/C13H22BrNO/c1-4-6-7-10(5-2)13(15-3)11-8-9-12(14)16-11/h8-10,13,15H,4-7H2,1-3H3. The van der Waals surface area contributed by atoms with Crippen LogP contribution in [0.1, 0.15) is 51.3 Å². The fraction of sp³-hybridized carbons (Fsp3) is 0.692. The lowest BCUT2D eigenvalue weighted by Crippen LogP contribution is -2.24. The second kappa shape index (κ2) is 7.13. The molecule has 16 heavy (non-hydrogen) atoms. The van der Waals surface area contributed by atoms with E-state index >= 15 is 0 Å². The van der Waals surface area contributed by atoms with Crippen molar-refractivity contribution in [3.63, 3.8) is 0 Å². The first-order valence-corrected chi connectivity index (χ1v) is 6.94.